The average molecular weight is 375 g/mol. The standard InChI is InChI=1S/C19H15F2NO5/c1-13-7-5-10-15(22(25)26)17(13)18(24)27-12-6-11-16(23)19(20,21)14-8-3-2-4-9-14/h2-11H,12H2,1H3/b11-6+. The highest BCUT2D eigenvalue weighted by atomic mass is 19.3. The first-order chi connectivity index (χ1) is 12.7. The first-order valence-corrected chi connectivity index (χ1v) is 7.80. The number of rotatable bonds is 7. The lowest BCUT2D eigenvalue weighted by atomic mass is 10.0. The Bertz CT molecular complexity index is 894. The van der Waals surface area contributed by atoms with E-state index in [4.69, 9.17) is 4.74 Å². The van der Waals surface area contributed by atoms with Crippen molar-refractivity contribution in [2.24, 2.45) is 0 Å². The summed E-state index contributed by atoms with van der Waals surface area (Å²) in [5.41, 5.74) is -0.760. The lowest BCUT2D eigenvalue weighted by Crippen LogP contribution is -2.24. The minimum atomic E-state index is -3.71. The summed E-state index contributed by atoms with van der Waals surface area (Å²) in [6.45, 7) is 1.02. The zero-order valence-corrected chi connectivity index (χ0v) is 14.2. The van der Waals surface area contributed by atoms with Gasteiger partial charge in [0.1, 0.15) is 12.2 Å². The molecular weight excluding hydrogens is 360 g/mol. The molecule has 0 atom stereocenters. The second-order valence-corrected chi connectivity index (χ2v) is 5.53. The fourth-order valence-electron chi connectivity index (χ4n) is 2.32. The molecule has 0 fully saturated rings. The number of carbonyl (C=O) groups excluding carboxylic acids is 2. The molecule has 8 heteroatoms. The van der Waals surface area contributed by atoms with Crippen molar-refractivity contribution >= 4 is 17.4 Å². The summed E-state index contributed by atoms with van der Waals surface area (Å²) in [4.78, 5) is 34.1. The number of ketones is 1. The Morgan fingerprint density at radius 2 is 1.81 bits per heavy atom. The summed E-state index contributed by atoms with van der Waals surface area (Å²) in [5, 5.41) is 11.0. The lowest BCUT2D eigenvalue weighted by molar-refractivity contribution is -0.385. The van der Waals surface area contributed by atoms with Crippen LogP contribution in [-0.4, -0.2) is 23.3 Å². The first kappa shape index (κ1) is 19.9. The number of benzene rings is 2. The summed E-state index contributed by atoms with van der Waals surface area (Å²) < 4.78 is 32.9. The van der Waals surface area contributed by atoms with Crippen molar-refractivity contribution < 1.29 is 28.0 Å². The van der Waals surface area contributed by atoms with Crippen LogP contribution in [0.3, 0.4) is 0 Å². The molecule has 0 amide bonds. The zero-order valence-electron chi connectivity index (χ0n) is 14.2. The van der Waals surface area contributed by atoms with Crippen molar-refractivity contribution in [3.8, 4) is 0 Å². The highest BCUT2D eigenvalue weighted by Crippen LogP contribution is 2.29. The van der Waals surface area contributed by atoms with Crippen molar-refractivity contribution in [3.05, 3.63) is 87.5 Å². The van der Waals surface area contributed by atoms with E-state index in [0.29, 0.717) is 11.6 Å². The molecule has 0 aliphatic carbocycles. The van der Waals surface area contributed by atoms with Crippen LogP contribution in [-0.2, 0) is 15.5 Å². The molecule has 0 bridgehead atoms. The molecular formula is C19H15F2NO5. The van der Waals surface area contributed by atoms with E-state index in [1.165, 1.54) is 31.2 Å². The van der Waals surface area contributed by atoms with Crippen LogP contribution in [0.4, 0.5) is 14.5 Å². The highest BCUT2D eigenvalue weighted by Gasteiger charge is 2.38. The van der Waals surface area contributed by atoms with Crippen LogP contribution >= 0.6 is 0 Å². The minimum absolute atomic E-state index is 0.225. The van der Waals surface area contributed by atoms with Crippen molar-refractivity contribution in [2.45, 2.75) is 12.8 Å². The summed E-state index contributed by atoms with van der Waals surface area (Å²) >= 11 is 0. The number of ether oxygens (including phenoxy) is 1. The topological polar surface area (TPSA) is 86.5 Å². The SMILES string of the molecule is Cc1cccc([N+](=O)[O-])c1C(=O)OC/C=C/C(=O)C(F)(F)c1ccccc1. The number of nitrogens with zero attached hydrogens (tertiary/aromatic N) is 1. The van der Waals surface area contributed by atoms with Gasteiger partial charge in [0.05, 0.1) is 4.92 Å². The zero-order chi connectivity index (χ0) is 20.0. The van der Waals surface area contributed by atoms with E-state index < -0.39 is 40.5 Å². The predicted molar refractivity (Wildman–Crippen MR) is 92.6 cm³/mol. The summed E-state index contributed by atoms with van der Waals surface area (Å²) in [6.07, 6.45) is 1.58. The maximum absolute atomic E-state index is 14.0. The van der Waals surface area contributed by atoms with E-state index in [0.717, 1.165) is 24.3 Å². The second kappa shape index (κ2) is 8.31. The molecule has 2 aromatic carbocycles. The van der Waals surface area contributed by atoms with Gasteiger partial charge in [-0.15, -0.1) is 0 Å². The van der Waals surface area contributed by atoms with Gasteiger partial charge < -0.3 is 4.74 Å². The fourth-order valence-corrected chi connectivity index (χ4v) is 2.32. The predicted octanol–water partition coefficient (Wildman–Crippen LogP) is 3.98. The Morgan fingerprint density at radius 3 is 2.44 bits per heavy atom. The van der Waals surface area contributed by atoms with Gasteiger partial charge in [-0.3, -0.25) is 14.9 Å². The monoisotopic (exact) mass is 375 g/mol. The molecule has 140 valence electrons. The molecule has 0 aliphatic heterocycles. The van der Waals surface area contributed by atoms with Crippen LogP contribution in [0, 0.1) is 17.0 Å². The van der Waals surface area contributed by atoms with Crippen molar-refractivity contribution in [2.75, 3.05) is 6.61 Å². The van der Waals surface area contributed by atoms with Gasteiger partial charge in [0.2, 0.25) is 5.78 Å². The molecule has 0 radical (unpaired) electrons. The number of hydrogen-bond donors (Lipinski definition) is 0. The molecule has 0 spiro atoms. The third-order valence-electron chi connectivity index (χ3n) is 3.68. The van der Waals surface area contributed by atoms with Crippen LogP contribution in [0.2, 0.25) is 0 Å². The quantitative estimate of drug-likeness (QED) is 0.316. The minimum Gasteiger partial charge on any atom is -0.458 e. The number of nitro benzene ring substituents is 1. The van der Waals surface area contributed by atoms with E-state index >= 15 is 0 Å². The number of halogens is 2. The lowest BCUT2D eigenvalue weighted by Gasteiger charge is -2.12. The van der Waals surface area contributed by atoms with Crippen LogP contribution in [0.5, 0.6) is 0 Å². The molecule has 0 saturated carbocycles. The van der Waals surface area contributed by atoms with Crippen molar-refractivity contribution in [3.63, 3.8) is 0 Å². The Labute approximate surface area is 153 Å². The van der Waals surface area contributed by atoms with Gasteiger partial charge in [-0.1, -0.05) is 42.5 Å². The Morgan fingerprint density at radius 1 is 1.15 bits per heavy atom. The maximum atomic E-state index is 14.0. The van der Waals surface area contributed by atoms with Crippen molar-refractivity contribution in [1.29, 1.82) is 0 Å². The number of carbonyl (C=O) groups is 2. The fraction of sp³-hybridized carbons (Fsp3) is 0.158. The van der Waals surface area contributed by atoms with E-state index in [1.54, 1.807) is 6.07 Å². The van der Waals surface area contributed by atoms with E-state index in [1.807, 2.05) is 0 Å². The molecule has 0 heterocycles. The number of hydrogen-bond acceptors (Lipinski definition) is 5. The molecule has 27 heavy (non-hydrogen) atoms. The van der Waals surface area contributed by atoms with Gasteiger partial charge in [0.25, 0.3) is 5.69 Å². The third kappa shape index (κ3) is 4.60. The van der Waals surface area contributed by atoms with Crippen LogP contribution < -0.4 is 0 Å². The molecule has 0 saturated heterocycles. The van der Waals surface area contributed by atoms with Crippen molar-refractivity contribution in [1.82, 2.24) is 0 Å². The summed E-state index contributed by atoms with van der Waals surface area (Å²) in [7, 11) is 0. The largest absolute Gasteiger partial charge is 0.458 e. The summed E-state index contributed by atoms with van der Waals surface area (Å²) in [6, 6.07) is 10.7. The number of esters is 1. The van der Waals surface area contributed by atoms with Gasteiger partial charge in [0, 0.05) is 11.6 Å². The van der Waals surface area contributed by atoms with Gasteiger partial charge in [-0.2, -0.15) is 8.78 Å². The summed E-state index contributed by atoms with van der Waals surface area (Å²) in [5.74, 6) is -6.16. The molecule has 6 nitrogen and oxygen atoms in total. The normalized spacial score (nSPS) is 11.4. The van der Waals surface area contributed by atoms with Crippen LogP contribution in [0.25, 0.3) is 0 Å². The molecule has 2 aromatic rings. The first-order valence-electron chi connectivity index (χ1n) is 7.80. The smallest absolute Gasteiger partial charge is 0.345 e. The van der Waals surface area contributed by atoms with Gasteiger partial charge >= 0.3 is 11.9 Å². The third-order valence-corrected chi connectivity index (χ3v) is 3.68. The second-order valence-electron chi connectivity index (χ2n) is 5.53. The van der Waals surface area contributed by atoms with E-state index in [2.05, 4.69) is 0 Å². The maximum Gasteiger partial charge on any atom is 0.345 e. The van der Waals surface area contributed by atoms with Crippen LogP contribution in [0.1, 0.15) is 21.5 Å². The number of allylic oxidation sites excluding steroid dienone is 1. The molecule has 0 aliphatic rings. The Balaban J connectivity index is 2.03. The van der Waals surface area contributed by atoms with Gasteiger partial charge in [-0.25, -0.2) is 4.79 Å². The Hall–Kier alpha value is -3.42. The van der Waals surface area contributed by atoms with Gasteiger partial charge in [-0.05, 0) is 24.6 Å². The molecule has 0 N–H and O–H groups in total. The van der Waals surface area contributed by atoms with E-state index in [9.17, 15) is 28.5 Å². The molecule has 0 unspecified atom stereocenters. The highest BCUT2D eigenvalue weighted by molar-refractivity contribution is 5.97. The average Bonchev–Trinajstić information content (AvgIpc) is 2.65. The van der Waals surface area contributed by atoms with Crippen LogP contribution in [0.15, 0.2) is 60.7 Å². The Kier molecular flexibility index (Phi) is 6.12. The molecule has 2 rings (SSSR count). The van der Waals surface area contributed by atoms with Gasteiger partial charge in [0.15, 0.2) is 0 Å². The number of alkyl halides is 2. The van der Waals surface area contributed by atoms with E-state index in [-0.39, 0.29) is 5.56 Å². The molecule has 0 aromatic heterocycles. The number of aryl methyl sites for hydroxylation is 1. The number of nitro groups is 1.